The number of aliphatic hydroxyl groups is 1. The second kappa shape index (κ2) is 5.46. The molecule has 130 valence electrons. The number of carbonyl (C=O) groups excluding carboxylic acids is 1. The summed E-state index contributed by atoms with van der Waals surface area (Å²) in [5.41, 5.74) is 5.13. The SMILES string of the molecule is CC1=C(CSc2ccc(C)cc2)C2=C(C)C3(CC3)[C@@](C)(O)C(=O)C2=C1. The number of rotatable bonds is 3. The number of ketones is 1. The van der Waals surface area contributed by atoms with Gasteiger partial charge >= 0.3 is 0 Å². The van der Waals surface area contributed by atoms with E-state index < -0.39 is 5.60 Å². The standard InChI is InChI=1S/C22H24O2S/c1-13-5-7-16(8-6-13)25-12-18-14(2)11-17-19(18)15(3)22(9-10-22)21(4,24)20(17)23/h5-8,11,24H,9-10,12H2,1-4H3/t21-/m0/s1. The van der Waals surface area contributed by atoms with Crippen LogP contribution in [0.5, 0.6) is 0 Å². The normalized spacial score (nSPS) is 27.1. The fourth-order valence-corrected chi connectivity index (χ4v) is 5.40. The zero-order chi connectivity index (χ0) is 18.0. The summed E-state index contributed by atoms with van der Waals surface area (Å²) in [5.74, 6) is 0.757. The molecule has 0 aromatic heterocycles. The van der Waals surface area contributed by atoms with Crippen molar-refractivity contribution in [3.8, 4) is 0 Å². The second-order valence-electron chi connectivity index (χ2n) is 7.80. The molecule has 1 atom stereocenters. The highest BCUT2D eigenvalue weighted by Crippen LogP contribution is 2.65. The molecule has 0 bridgehead atoms. The molecule has 1 fully saturated rings. The summed E-state index contributed by atoms with van der Waals surface area (Å²) in [6.45, 7) is 8.00. The average molecular weight is 352 g/mol. The van der Waals surface area contributed by atoms with E-state index in [2.05, 4.69) is 45.0 Å². The zero-order valence-corrected chi connectivity index (χ0v) is 16.1. The highest BCUT2D eigenvalue weighted by atomic mass is 32.2. The van der Waals surface area contributed by atoms with Crippen LogP contribution >= 0.6 is 11.8 Å². The summed E-state index contributed by atoms with van der Waals surface area (Å²) in [6.07, 6.45) is 3.80. The number of aryl methyl sites for hydroxylation is 1. The Morgan fingerprint density at radius 3 is 2.36 bits per heavy atom. The molecule has 25 heavy (non-hydrogen) atoms. The second-order valence-corrected chi connectivity index (χ2v) is 8.85. The first-order valence-corrected chi connectivity index (χ1v) is 9.87. The van der Waals surface area contributed by atoms with Gasteiger partial charge in [0.15, 0.2) is 5.78 Å². The van der Waals surface area contributed by atoms with Crippen LogP contribution in [0.4, 0.5) is 0 Å². The van der Waals surface area contributed by atoms with Gasteiger partial charge in [-0.25, -0.2) is 0 Å². The lowest BCUT2D eigenvalue weighted by Gasteiger charge is -2.39. The number of fused-ring (bicyclic) bond motifs is 1. The number of thioether (sulfide) groups is 1. The number of hydrogen-bond donors (Lipinski definition) is 1. The molecular weight excluding hydrogens is 328 g/mol. The molecular formula is C22H24O2S. The molecule has 1 N–H and O–H groups in total. The Hall–Kier alpha value is -1.58. The molecule has 0 heterocycles. The van der Waals surface area contributed by atoms with Crippen molar-refractivity contribution in [2.45, 2.75) is 51.0 Å². The van der Waals surface area contributed by atoms with Crippen molar-refractivity contribution in [3.63, 3.8) is 0 Å². The van der Waals surface area contributed by atoms with E-state index in [4.69, 9.17) is 0 Å². The predicted octanol–water partition coefficient (Wildman–Crippen LogP) is 4.77. The molecule has 3 heteroatoms. The first kappa shape index (κ1) is 16.9. The molecule has 2 nitrogen and oxygen atoms in total. The Balaban J connectivity index is 1.68. The molecule has 1 spiro atoms. The van der Waals surface area contributed by atoms with Gasteiger partial charge in [-0.1, -0.05) is 23.3 Å². The van der Waals surface area contributed by atoms with Gasteiger partial charge in [-0.15, -0.1) is 11.8 Å². The van der Waals surface area contributed by atoms with E-state index in [0.29, 0.717) is 0 Å². The third-order valence-electron chi connectivity index (χ3n) is 6.27. The van der Waals surface area contributed by atoms with Crippen LogP contribution in [0.3, 0.4) is 0 Å². The number of carbonyl (C=O) groups is 1. The molecule has 3 aliphatic carbocycles. The van der Waals surface area contributed by atoms with E-state index in [1.54, 1.807) is 6.92 Å². The predicted molar refractivity (Wildman–Crippen MR) is 103 cm³/mol. The van der Waals surface area contributed by atoms with E-state index in [0.717, 1.165) is 35.3 Å². The Morgan fingerprint density at radius 2 is 1.76 bits per heavy atom. The lowest BCUT2D eigenvalue weighted by atomic mass is 9.67. The molecule has 1 aromatic rings. The summed E-state index contributed by atoms with van der Waals surface area (Å²) in [5, 5.41) is 10.9. The maximum atomic E-state index is 12.9. The minimum atomic E-state index is -1.26. The molecule has 0 aliphatic heterocycles. The van der Waals surface area contributed by atoms with E-state index in [9.17, 15) is 9.90 Å². The largest absolute Gasteiger partial charge is 0.381 e. The van der Waals surface area contributed by atoms with Crippen LogP contribution in [-0.2, 0) is 4.79 Å². The molecule has 0 radical (unpaired) electrons. The molecule has 0 saturated heterocycles. The lowest BCUT2D eigenvalue weighted by Crippen LogP contribution is -2.49. The van der Waals surface area contributed by atoms with Crippen LogP contribution in [0.1, 0.15) is 39.2 Å². The summed E-state index contributed by atoms with van der Waals surface area (Å²) in [4.78, 5) is 14.2. The van der Waals surface area contributed by atoms with Crippen LogP contribution in [0, 0.1) is 12.3 Å². The van der Waals surface area contributed by atoms with Crippen molar-refractivity contribution in [3.05, 3.63) is 63.8 Å². The Morgan fingerprint density at radius 1 is 1.12 bits per heavy atom. The third kappa shape index (κ3) is 2.32. The molecule has 1 saturated carbocycles. The number of allylic oxidation sites excluding steroid dienone is 3. The third-order valence-corrected chi connectivity index (χ3v) is 7.31. The zero-order valence-electron chi connectivity index (χ0n) is 15.3. The van der Waals surface area contributed by atoms with Crippen LogP contribution in [0.2, 0.25) is 0 Å². The monoisotopic (exact) mass is 352 g/mol. The summed E-state index contributed by atoms with van der Waals surface area (Å²) in [7, 11) is 0. The number of benzene rings is 1. The average Bonchev–Trinajstić information content (AvgIpc) is 3.32. The highest BCUT2D eigenvalue weighted by Gasteiger charge is 2.64. The van der Waals surface area contributed by atoms with Crippen LogP contribution < -0.4 is 0 Å². The fraction of sp³-hybridized carbons (Fsp3) is 0.409. The fourth-order valence-electron chi connectivity index (χ4n) is 4.39. The number of hydrogen-bond acceptors (Lipinski definition) is 3. The van der Waals surface area contributed by atoms with Gasteiger partial charge in [-0.05, 0) is 75.5 Å². The molecule has 4 rings (SSSR count). The Kier molecular flexibility index (Phi) is 3.68. The quantitative estimate of drug-likeness (QED) is 0.796. The highest BCUT2D eigenvalue weighted by molar-refractivity contribution is 7.99. The van der Waals surface area contributed by atoms with Gasteiger partial charge in [-0.2, -0.15) is 0 Å². The maximum absolute atomic E-state index is 12.9. The lowest BCUT2D eigenvalue weighted by molar-refractivity contribution is -0.137. The topological polar surface area (TPSA) is 37.3 Å². The van der Waals surface area contributed by atoms with Crippen LogP contribution in [-0.4, -0.2) is 22.2 Å². The maximum Gasteiger partial charge on any atom is 0.195 e. The van der Waals surface area contributed by atoms with Crippen molar-refractivity contribution in [1.29, 1.82) is 0 Å². The summed E-state index contributed by atoms with van der Waals surface area (Å²) >= 11 is 1.81. The van der Waals surface area contributed by atoms with E-state index >= 15 is 0 Å². The van der Waals surface area contributed by atoms with Gasteiger partial charge in [0.2, 0.25) is 0 Å². The Labute approximate surface area is 153 Å². The van der Waals surface area contributed by atoms with Crippen LogP contribution in [0.25, 0.3) is 0 Å². The van der Waals surface area contributed by atoms with Gasteiger partial charge < -0.3 is 5.11 Å². The van der Waals surface area contributed by atoms with Crippen molar-refractivity contribution in [1.82, 2.24) is 0 Å². The number of Topliss-reactive ketones (excluding diaryl/α,β-unsaturated/α-hetero) is 1. The van der Waals surface area contributed by atoms with Gasteiger partial charge in [-0.3, -0.25) is 4.79 Å². The summed E-state index contributed by atoms with van der Waals surface area (Å²) in [6, 6.07) is 8.57. The van der Waals surface area contributed by atoms with E-state index in [1.165, 1.54) is 21.6 Å². The van der Waals surface area contributed by atoms with Crippen LogP contribution in [0.15, 0.2) is 63.1 Å². The van der Waals surface area contributed by atoms with Gasteiger partial charge in [0.25, 0.3) is 0 Å². The summed E-state index contributed by atoms with van der Waals surface area (Å²) < 4.78 is 0. The van der Waals surface area contributed by atoms with Gasteiger partial charge in [0.1, 0.15) is 5.60 Å². The molecule has 1 aromatic carbocycles. The van der Waals surface area contributed by atoms with Gasteiger partial charge in [0.05, 0.1) is 0 Å². The van der Waals surface area contributed by atoms with Gasteiger partial charge in [0, 0.05) is 21.6 Å². The minimum Gasteiger partial charge on any atom is -0.381 e. The van der Waals surface area contributed by atoms with Crippen molar-refractivity contribution in [2.75, 3.05) is 5.75 Å². The van der Waals surface area contributed by atoms with Crippen molar-refractivity contribution < 1.29 is 9.90 Å². The van der Waals surface area contributed by atoms with E-state index in [1.807, 2.05) is 17.8 Å². The first-order valence-electron chi connectivity index (χ1n) is 8.88. The molecule has 3 aliphatic rings. The minimum absolute atomic E-state index is 0.0970. The Bertz CT molecular complexity index is 862. The van der Waals surface area contributed by atoms with Crippen molar-refractivity contribution >= 4 is 17.5 Å². The molecule has 0 unspecified atom stereocenters. The van der Waals surface area contributed by atoms with E-state index in [-0.39, 0.29) is 11.2 Å². The first-order chi connectivity index (χ1) is 11.8. The van der Waals surface area contributed by atoms with Crippen molar-refractivity contribution in [2.24, 2.45) is 5.41 Å². The molecule has 0 amide bonds. The smallest absolute Gasteiger partial charge is 0.195 e.